The second kappa shape index (κ2) is 7.12. The zero-order valence-electron chi connectivity index (χ0n) is 11.6. The van der Waals surface area contributed by atoms with Gasteiger partial charge >= 0.3 is 0 Å². The lowest BCUT2D eigenvalue weighted by Crippen LogP contribution is -1.89. The maximum atomic E-state index is 4.38. The van der Waals surface area contributed by atoms with Crippen LogP contribution in [0.25, 0.3) is 6.08 Å². The minimum Gasteiger partial charge on any atom is -0.261 e. The Labute approximate surface area is 114 Å². The quantitative estimate of drug-likeness (QED) is 0.505. The summed E-state index contributed by atoms with van der Waals surface area (Å²) in [5, 5.41) is 0. The predicted octanol–water partition coefficient (Wildman–Crippen LogP) is 5.26. The van der Waals surface area contributed by atoms with Gasteiger partial charge in [0.15, 0.2) is 0 Å². The van der Waals surface area contributed by atoms with E-state index >= 15 is 0 Å². The molecule has 0 bridgehead atoms. The summed E-state index contributed by atoms with van der Waals surface area (Å²) in [4.78, 5) is 6.98. The Bertz CT molecular complexity index is 487. The van der Waals surface area contributed by atoms with Crippen molar-refractivity contribution in [1.29, 1.82) is 0 Å². The molecule has 1 aromatic heterocycles. The van der Waals surface area contributed by atoms with E-state index < -0.39 is 0 Å². The molecular weight excluding hydrogens is 238 g/mol. The van der Waals surface area contributed by atoms with Crippen LogP contribution in [0.3, 0.4) is 0 Å². The summed E-state index contributed by atoms with van der Waals surface area (Å²) in [5.41, 5.74) is 2.01. The Balaban J connectivity index is 2.69. The highest BCUT2D eigenvalue weighted by Crippen LogP contribution is 2.17. The molecule has 0 radical (unpaired) electrons. The number of rotatable bonds is 5. The third-order valence-corrected chi connectivity index (χ3v) is 3.55. The van der Waals surface area contributed by atoms with Crippen molar-refractivity contribution in [3.8, 4) is 0 Å². The average molecular weight is 259 g/mol. The molecule has 0 aliphatic heterocycles. The van der Waals surface area contributed by atoms with Crippen LogP contribution >= 0.6 is 11.3 Å². The largest absolute Gasteiger partial charge is 0.261 e. The van der Waals surface area contributed by atoms with Gasteiger partial charge in [-0.05, 0) is 43.5 Å². The molecule has 0 N–H and O–H groups in total. The molecule has 0 saturated carbocycles. The minimum atomic E-state index is 0.392. The van der Waals surface area contributed by atoms with Crippen molar-refractivity contribution in [3.63, 3.8) is 0 Å². The van der Waals surface area contributed by atoms with Crippen LogP contribution in [0.1, 0.15) is 30.5 Å². The molecule has 0 unspecified atom stereocenters. The number of aliphatic imine (C=N–C) groups is 1. The van der Waals surface area contributed by atoms with E-state index in [1.165, 1.54) is 9.75 Å². The zero-order valence-corrected chi connectivity index (χ0v) is 12.4. The molecule has 0 amide bonds. The van der Waals surface area contributed by atoms with Crippen LogP contribution in [0.5, 0.6) is 0 Å². The summed E-state index contributed by atoms with van der Waals surface area (Å²) in [6, 6.07) is 4.27. The summed E-state index contributed by atoms with van der Waals surface area (Å²) in [5.74, 6) is 0.392. The molecule has 18 heavy (non-hydrogen) atoms. The van der Waals surface area contributed by atoms with Crippen molar-refractivity contribution < 1.29 is 0 Å². The SMILES string of the molecule is C=C(N=CC(=C\C)/C=C/c1ccc(C)s1)C(C)C. The number of allylic oxidation sites excluding steroid dienone is 4. The van der Waals surface area contributed by atoms with Crippen LogP contribution < -0.4 is 0 Å². The standard InChI is InChI=1S/C16H21NS/c1-6-15(11-17-14(5)12(2)3)8-10-16-9-7-13(4)18-16/h6-12H,5H2,1-4H3/b10-8+,15-6-,17-11?. The molecule has 1 rings (SSSR count). The summed E-state index contributed by atoms with van der Waals surface area (Å²) >= 11 is 1.79. The first kappa shape index (κ1) is 14.7. The number of nitrogens with zero attached hydrogens (tertiary/aromatic N) is 1. The van der Waals surface area contributed by atoms with E-state index in [2.05, 4.69) is 56.6 Å². The fourth-order valence-corrected chi connectivity index (χ4v) is 2.02. The molecule has 1 nitrogen and oxygen atoms in total. The average Bonchev–Trinajstić information content (AvgIpc) is 2.74. The van der Waals surface area contributed by atoms with Gasteiger partial charge in [0.05, 0.1) is 0 Å². The summed E-state index contributed by atoms with van der Waals surface area (Å²) in [7, 11) is 0. The van der Waals surface area contributed by atoms with Crippen molar-refractivity contribution in [2.75, 3.05) is 0 Å². The maximum absolute atomic E-state index is 4.38. The second-order valence-corrected chi connectivity index (χ2v) is 5.79. The summed E-state index contributed by atoms with van der Waals surface area (Å²) < 4.78 is 0. The van der Waals surface area contributed by atoms with Gasteiger partial charge in [-0.1, -0.05) is 32.6 Å². The van der Waals surface area contributed by atoms with E-state index in [1.54, 1.807) is 11.3 Å². The second-order valence-electron chi connectivity index (χ2n) is 4.47. The van der Waals surface area contributed by atoms with Gasteiger partial charge in [0.2, 0.25) is 0 Å². The molecule has 1 heterocycles. The normalized spacial score (nSPS) is 13.1. The maximum Gasteiger partial charge on any atom is 0.0357 e. The minimum absolute atomic E-state index is 0.392. The van der Waals surface area contributed by atoms with E-state index in [0.29, 0.717) is 5.92 Å². The van der Waals surface area contributed by atoms with Gasteiger partial charge in [-0.15, -0.1) is 11.3 Å². The fraction of sp³-hybridized carbons (Fsp3) is 0.312. The number of hydrogen-bond acceptors (Lipinski definition) is 2. The van der Waals surface area contributed by atoms with Crippen molar-refractivity contribution >= 4 is 23.6 Å². The fourth-order valence-electron chi connectivity index (χ4n) is 1.24. The van der Waals surface area contributed by atoms with Crippen molar-refractivity contribution in [1.82, 2.24) is 0 Å². The van der Waals surface area contributed by atoms with Crippen molar-refractivity contribution in [2.45, 2.75) is 27.7 Å². The molecule has 0 saturated heterocycles. The smallest absolute Gasteiger partial charge is 0.0357 e. The lowest BCUT2D eigenvalue weighted by Gasteiger charge is -2.01. The van der Waals surface area contributed by atoms with Gasteiger partial charge in [0.1, 0.15) is 0 Å². The van der Waals surface area contributed by atoms with Crippen molar-refractivity contribution in [3.05, 3.63) is 51.9 Å². The first-order valence-corrected chi connectivity index (χ1v) is 6.98. The van der Waals surface area contributed by atoms with E-state index in [4.69, 9.17) is 0 Å². The Morgan fingerprint density at radius 2 is 2.11 bits per heavy atom. The highest BCUT2D eigenvalue weighted by molar-refractivity contribution is 7.12. The van der Waals surface area contributed by atoms with Gasteiger partial charge in [0.25, 0.3) is 0 Å². The number of aryl methyl sites for hydroxylation is 1. The Hall–Kier alpha value is -1.41. The van der Waals surface area contributed by atoms with Crippen molar-refractivity contribution in [2.24, 2.45) is 10.9 Å². The highest BCUT2D eigenvalue weighted by Gasteiger charge is 1.96. The lowest BCUT2D eigenvalue weighted by molar-refractivity contribution is 0.763. The van der Waals surface area contributed by atoms with E-state index in [1.807, 2.05) is 19.2 Å². The molecular formula is C16H21NS. The number of thiophene rings is 1. The van der Waals surface area contributed by atoms with Crippen LogP contribution in [0.4, 0.5) is 0 Å². The molecule has 2 heteroatoms. The zero-order chi connectivity index (χ0) is 13.5. The first-order chi connectivity index (χ1) is 8.52. The Kier molecular flexibility index (Phi) is 5.79. The van der Waals surface area contributed by atoms with E-state index in [9.17, 15) is 0 Å². The van der Waals surface area contributed by atoms with Crippen LogP contribution in [0, 0.1) is 12.8 Å². The summed E-state index contributed by atoms with van der Waals surface area (Å²) in [6.07, 6.45) is 8.13. The lowest BCUT2D eigenvalue weighted by atomic mass is 10.1. The molecule has 1 aromatic rings. The van der Waals surface area contributed by atoms with E-state index in [0.717, 1.165) is 11.3 Å². The molecule has 0 aliphatic carbocycles. The predicted molar refractivity (Wildman–Crippen MR) is 84.3 cm³/mol. The number of hydrogen-bond donors (Lipinski definition) is 0. The topological polar surface area (TPSA) is 12.4 Å². The van der Waals surface area contributed by atoms with Crippen LogP contribution in [-0.2, 0) is 0 Å². The van der Waals surface area contributed by atoms with Gasteiger partial charge < -0.3 is 0 Å². The molecule has 0 aromatic carbocycles. The third kappa shape index (κ3) is 4.84. The van der Waals surface area contributed by atoms with Gasteiger partial charge in [-0.2, -0.15) is 0 Å². The molecule has 0 aliphatic rings. The molecule has 96 valence electrons. The highest BCUT2D eigenvalue weighted by atomic mass is 32.1. The molecule has 0 fully saturated rings. The third-order valence-electron chi connectivity index (χ3n) is 2.58. The van der Waals surface area contributed by atoms with Gasteiger partial charge in [-0.25, -0.2) is 0 Å². The van der Waals surface area contributed by atoms with Crippen LogP contribution in [0.15, 0.2) is 47.1 Å². The first-order valence-electron chi connectivity index (χ1n) is 6.16. The molecule has 0 atom stereocenters. The van der Waals surface area contributed by atoms with Gasteiger partial charge in [0, 0.05) is 21.7 Å². The Morgan fingerprint density at radius 1 is 1.39 bits per heavy atom. The monoisotopic (exact) mass is 259 g/mol. The van der Waals surface area contributed by atoms with Crippen LogP contribution in [-0.4, -0.2) is 6.21 Å². The van der Waals surface area contributed by atoms with E-state index in [-0.39, 0.29) is 0 Å². The van der Waals surface area contributed by atoms with Crippen LogP contribution in [0.2, 0.25) is 0 Å². The summed E-state index contributed by atoms with van der Waals surface area (Å²) in [6.45, 7) is 12.3. The molecule has 0 spiro atoms. The van der Waals surface area contributed by atoms with Gasteiger partial charge in [-0.3, -0.25) is 4.99 Å². The Morgan fingerprint density at radius 3 is 2.61 bits per heavy atom.